The Morgan fingerprint density at radius 2 is 0.829 bits per heavy atom. The minimum atomic E-state index is -0.0990. The standard InChI is InChI=1S/C40H29N/c1-3-10-30(11-4-1)32-20-24-39(25-21-32)41(38-16-5-2-6-17-38)40-26-22-33(23-27-40)35-14-9-15-36(28-35)37-19-18-31-12-7-8-13-34(31)29-37/h1-29H/i22D,23D,26D,27D. The van der Waals surface area contributed by atoms with Crippen molar-refractivity contribution in [1.29, 1.82) is 0 Å². The van der Waals surface area contributed by atoms with Gasteiger partial charge in [-0.2, -0.15) is 0 Å². The van der Waals surface area contributed by atoms with E-state index in [-0.39, 0.29) is 35.4 Å². The van der Waals surface area contributed by atoms with Crippen LogP contribution in [0.3, 0.4) is 0 Å². The number of fused-ring (bicyclic) bond motifs is 1. The molecule has 0 atom stereocenters. The van der Waals surface area contributed by atoms with Crippen LogP contribution in [-0.2, 0) is 0 Å². The molecule has 1 nitrogen and oxygen atoms in total. The lowest BCUT2D eigenvalue weighted by atomic mass is 9.97. The molecule has 0 aliphatic rings. The van der Waals surface area contributed by atoms with Crippen LogP contribution in [0.4, 0.5) is 17.1 Å². The maximum absolute atomic E-state index is 9.20. The van der Waals surface area contributed by atoms with E-state index in [9.17, 15) is 2.74 Å². The van der Waals surface area contributed by atoms with E-state index in [1.807, 2.05) is 114 Å². The molecule has 41 heavy (non-hydrogen) atoms. The summed E-state index contributed by atoms with van der Waals surface area (Å²) in [6.45, 7) is 0. The summed E-state index contributed by atoms with van der Waals surface area (Å²) in [4.78, 5) is 1.81. The van der Waals surface area contributed by atoms with Gasteiger partial charge >= 0.3 is 0 Å². The number of anilines is 3. The predicted octanol–water partition coefficient (Wildman–Crippen LogP) is 11.3. The molecule has 7 rings (SSSR count). The Kier molecular flexibility index (Phi) is 5.50. The number of hydrogen-bond donors (Lipinski definition) is 0. The maximum atomic E-state index is 9.20. The molecule has 1 heteroatoms. The number of nitrogens with zero attached hydrogens (tertiary/aromatic N) is 1. The van der Waals surface area contributed by atoms with Gasteiger partial charge in [0.2, 0.25) is 0 Å². The van der Waals surface area contributed by atoms with Gasteiger partial charge in [0, 0.05) is 17.1 Å². The van der Waals surface area contributed by atoms with Gasteiger partial charge in [-0.1, -0.05) is 127 Å². The molecule has 0 unspecified atom stereocenters. The summed E-state index contributed by atoms with van der Waals surface area (Å²) in [6.07, 6.45) is 0. The molecule has 194 valence electrons. The van der Waals surface area contributed by atoms with Crippen molar-refractivity contribution in [2.75, 3.05) is 4.90 Å². The van der Waals surface area contributed by atoms with Crippen LogP contribution in [-0.4, -0.2) is 0 Å². The summed E-state index contributed by atoms with van der Waals surface area (Å²) in [6, 6.07) is 49.5. The lowest BCUT2D eigenvalue weighted by Crippen LogP contribution is -2.09. The third kappa shape index (κ3) is 5.14. The van der Waals surface area contributed by atoms with E-state index in [0.29, 0.717) is 5.56 Å². The fraction of sp³-hybridized carbons (Fsp3) is 0. The second-order valence-corrected chi connectivity index (χ2v) is 9.95. The topological polar surface area (TPSA) is 3.24 Å². The third-order valence-electron chi connectivity index (χ3n) is 7.32. The number of rotatable bonds is 6. The van der Waals surface area contributed by atoms with Crippen LogP contribution in [0.2, 0.25) is 0 Å². The highest BCUT2D eigenvalue weighted by molar-refractivity contribution is 5.88. The molecule has 0 saturated heterocycles. The van der Waals surface area contributed by atoms with E-state index in [1.54, 1.807) is 0 Å². The minimum absolute atomic E-state index is 0.0801. The first kappa shape index (κ1) is 20.5. The zero-order valence-corrected chi connectivity index (χ0v) is 22.4. The Hall–Kier alpha value is -5.40. The second-order valence-electron chi connectivity index (χ2n) is 9.95. The van der Waals surface area contributed by atoms with Crippen molar-refractivity contribution >= 4 is 27.8 Å². The molecule has 0 bridgehead atoms. The summed E-state index contributed by atoms with van der Waals surface area (Å²) >= 11 is 0. The molecular weight excluding hydrogens is 494 g/mol. The van der Waals surface area contributed by atoms with Crippen molar-refractivity contribution < 1.29 is 5.48 Å². The lowest BCUT2D eigenvalue weighted by Gasteiger charge is -2.26. The average molecular weight is 528 g/mol. The molecule has 0 saturated carbocycles. The molecule has 0 fully saturated rings. The summed E-state index contributed by atoms with van der Waals surface area (Å²) in [5, 5.41) is 2.29. The molecule has 7 aromatic rings. The van der Waals surface area contributed by atoms with Crippen LogP contribution >= 0.6 is 0 Å². The largest absolute Gasteiger partial charge is 0.311 e. The number of para-hydroxylation sites is 1. The van der Waals surface area contributed by atoms with Crippen molar-refractivity contribution in [2.45, 2.75) is 0 Å². The van der Waals surface area contributed by atoms with E-state index in [4.69, 9.17) is 2.74 Å². The summed E-state index contributed by atoms with van der Waals surface area (Å²) in [7, 11) is 0. The normalized spacial score (nSPS) is 12.3. The van der Waals surface area contributed by atoms with Gasteiger partial charge in [-0.05, 0) is 92.6 Å². The van der Waals surface area contributed by atoms with E-state index in [1.165, 1.54) is 0 Å². The van der Waals surface area contributed by atoms with Gasteiger partial charge in [0.05, 0.1) is 5.48 Å². The SMILES string of the molecule is [2H]c1c([2H])c(N(c2ccccc2)c2ccc(-c3ccccc3)cc2)c([2H])c([2H])c1-c1cccc(-c2ccc3ccccc3c2)c1. The molecule has 0 aliphatic heterocycles. The van der Waals surface area contributed by atoms with Crippen molar-refractivity contribution in [3.05, 3.63) is 176 Å². The minimum Gasteiger partial charge on any atom is -0.311 e. The van der Waals surface area contributed by atoms with Crippen molar-refractivity contribution in [3.63, 3.8) is 0 Å². The molecule has 7 aromatic carbocycles. The highest BCUT2D eigenvalue weighted by Crippen LogP contribution is 2.37. The maximum Gasteiger partial charge on any atom is 0.0645 e. The quantitative estimate of drug-likeness (QED) is 0.208. The zero-order chi connectivity index (χ0) is 30.9. The monoisotopic (exact) mass is 527 g/mol. The highest BCUT2D eigenvalue weighted by Gasteiger charge is 2.13. The van der Waals surface area contributed by atoms with Crippen LogP contribution in [0.5, 0.6) is 0 Å². The van der Waals surface area contributed by atoms with Crippen LogP contribution in [0, 0.1) is 0 Å². The first-order chi connectivity index (χ1) is 22.0. The molecule has 0 aliphatic carbocycles. The summed E-state index contributed by atoms with van der Waals surface area (Å²) in [5.74, 6) is 0. The van der Waals surface area contributed by atoms with Gasteiger partial charge in [-0.3, -0.25) is 0 Å². The van der Waals surface area contributed by atoms with Crippen LogP contribution < -0.4 is 4.90 Å². The summed E-state index contributed by atoms with van der Waals surface area (Å²) in [5.41, 5.74) is 6.73. The Bertz CT molecular complexity index is 2110. The fourth-order valence-corrected chi connectivity index (χ4v) is 5.20. The molecule has 0 radical (unpaired) electrons. The van der Waals surface area contributed by atoms with Gasteiger partial charge in [0.15, 0.2) is 0 Å². The fourth-order valence-electron chi connectivity index (χ4n) is 5.20. The molecular formula is C40H29N. The van der Waals surface area contributed by atoms with Gasteiger partial charge in [-0.15, -0.1) is 0 Å². The van der Waals surface area contributed by atoms with Gasteiger partial charge in [0.25, 0.3) is 0 Å². The van der Waals surface area contributed by atoms with E-state index >= 15 is 0 Å². The van der Waals surface area contributed by atoms with E-state index in [2.05, 4.69) is 42.5 Å². The predicted molar refractivity (Wildman–Crippen MR) is 175 cm³/mol. The van der Waals surface area contributed by atoms with Gasteiger partial charge < -0.3 is 4.90 Å². The van der Waals surface area contributed by atoms with Gasteiger partial charge in [0.1, 0.15) is 0 Å². The second kappa shape index (κ2) is 11.0. The van der Waals surface area contributed by atoms with Gasteiger partial charge in [-0.25, -0.2) is 0 Å². The first-order valence-electron chi connectivity index (χ1n) is 15.7. The first-order valence-corrected chi connectivity index (χ1v) is 13.7. The molecule has 0 aromatic heterocycles. The van der Waals surface area contributed by atoms with Crippen LogP contribution in [0.25, 0.3) is 44.2 Å². The molecule has 0 amide bonds. The van der Waals surface area contributed by atoms with Crippen LogP contribution in [0.15, 0.2) is 176 Å². The van der Waals surface area contributed by atoms with Crippen molar-refractivity contribution in [1.82, 2.24) is 0 Å². The average Bonchev–Trinajstić information content (AvgIpc) is 3.10. The highest BCUT2D eigenvalue weighted by atomic mass is 15.1. The molecule has 0 N–H and O–H groups in total. The summed E-state index contributed by atoms with van der Waals surface area (Å²) < 4.78 is 36.7. The van der Waals surface area contributed by atoms with E-state index < -0.39 is 0 Å². The number of hydrogen-bond acceptors (Lipinski definition) is 1. The Morgan fingerprint density at radius 1 is 0.317 bits per heavy atom. The lowest BCUT2D eigenvalue weighted by molar-refractivity contribution is 1.28. The smallest absolute Gasteiger partial charge is 0.0645 e. The third-order valence-corrected chi connectivity index (χ3v) is 7.32. The van der Waals surface area contributed by atoms with Crippen molar-refractivity contribution in [3.8, 4) is 33.4 Å². The number of benzene rings is 7. The molecule has 0 heterocycles. The Balaban J connectivity index is 1.34. The molecule has 0 spiro atoms. The Labute approximate surface area is 247 Å². The zero-order valence-electron chi connectivity index (χ0n) is 26.4. The van der Waals surface area contributed by atoms with Crippen molar-refractivity contribution in [2.24, 2.45) is 0 Å². The van der Waals surface area contributed by atoms with Crippen LogP contribution in [0.1, 0.15) is 5.48 Å². The Morgan fingerprint density at radius 3 is 1.56 bits per heavy atom. The van der Waals surface area contributed by atoms with E-state index in [0.717, 1.165) is 44.4 Å².